The van der Waals surface area contributed by atoms with Crippen molar-refractivity contribution in [3.05, 3.63) is 35.5 Å². The zero-order valence-corrected chi connectivity index (χ0v) is 13.4. The maximum absolute atomic E-state index is 10.8. The van der Waals surface area contributed by atoms with Crippen LogP contribution in [0.2, 0.25) is 0 Å². The summed E-state index contributed by atoms with van der Waals surface area (Å²) in [5, 5.41) is 11.3. The van der Waals surface area contributed by atoms with Crippen LogP contribution in [-0.4, -0.2) is 52.7 Å². The topological polar surface area (TPSA) is 74.2 Å². The van der Waals surface area contributed by atoms with E-state index in [0.29, 0.717) is 19.0 Å². The van der Waals surface area contributed by atoms with E-state index >= 15 is 0 Å². The van der Waals surface area contributed by atoms with Crippen LogP contribution in [0.3, 0.4) is 0 Å². The van der Waals surface area contributed by atoms with Gasteiger partial charge in [0.15, 0.2) is 5.82 Å². The first-order valence-corrected chi connectivity index (χ1v) is 7.64. The lowest BCUT2D eigenvalue weighted by Gasteiger charge is -2.33. The Kier molecular flexibility index (Phi) is 4.36. The molecule has 1 aliphatic rings. The van der Waals surface area contributed by atoms with E-state index in [0.717, 1.165) is 31.0 Å². The van der Waals surface area contributed by atoms with Gasteiger partial charge in [0.25, 0.3) is 0 Å². The monoisotopic (exact) mass is 312 g/mol. The van der Waals surface area contributed by atoms with Crippen molar-refractivity contribution >= 4 is 23.9 Å². The molecule has 0 bridgehead atoms. The van der Waals surface area contributed by atoms with Gasteiger partial charge in [0.1, 0.15) is 0 Å². The number of hydrogen-bond acceptors (Lipinski definition) is 6. The van der Waals surface area contributed by atoms with Crippen molar-refractivity contribution < 1.29 is 4.79 Å². The number of piperazine rings is 1. The van der Waals surface area contributed by atoms with Crippen molar-refractivity contribution in [3.63, 3.8) is 0 Å². The van der Waals surface area contributed by atoms with E-state index in [9.17, 15) is 4.79 Å². The molecular weight excluding hydrogens is 292 g/mol. The summed E-state index contributed by atoms with van der Waals surface area (Å²) >= 11 is 0. The molecule has 0 radical (unpaired) electrons. The molecule has 1 aliphatic heterocycles. The van der Waals surface area contributed by atoms with E-state index in [-0.39, 0.29) is 0 Å². The second-order valence-corrected chi connectivity index (χ2v) is 5.64. The van der Waals surface area contributed by atoms with Crippen LogP contribution in [0.25, 0.3) is 0 Å². The number of benzene rings is 1. The number of aromatic nitrogens is 3. The first-order chi connectivity index (χ1) is 11.2. The van der Waals surface area contributed by atoms with Gasteiger partial charge < -0.3 is 15.1 Å². The fourth-order valence-electron chi connectivity index (χ4n) is 2.56. The lowest BCUT2D eigenvalue weighted by atomic mass is 10.1. The summed E-state index contributed by atoms with van der Waals surface area (Å²) in [5.74, 6) is 1.26. The number of carbonyl (C=O) groups excluding carboxylic acids is 1. The third kappa shape index (κ3) is 3.39. The standard InChI is InChI=1S/C16H20N6O/c1-12-4-3-5-14(13(12)2)18-16-19-15(10-17-20-16)22-8-6-21(11-23)7-9-22/h3-5,10-11H,6-9H2,1-2H3,(H,18,19,20). The van der Waals surface area contributed by atoms with Gasteiger partial charge in [-0.2, -0.15) is 10.1 Å². The normalized spacial score (nSPS) is 14.7. The smallest absolute Gasteiger partial charge is 0.249 e. The Bertz CT molecular complexity index is 697. The van der Waals surface area contributed by atoms with Gasteiger partial charge in [0.2, 0.25) is 12.4 Å². The Morgan fingerprint density at radius 2 is 1.96 bits per heavy atom. The summed E-state index contributed by atoms with van der Waals surface area (Å²) in [5.41, 5.74) is 3.36. The Labute approximate surface area is 135 Å². The summed E-state index contributed by atoms with van der Waals surface area (Å²) in [6.45, 7) is 7.04. The molecule has 2 aromatic rings. The lowest BCUT2D eigenvalue weighted by molar-refractivity contribution is -0.118. The molecule has 1 saturated heterocycles. The number of aryl methyl sites for hydroxylation is 1. The Balaban J connectivity index is 1.75. The minimum atomic E-state index is 0.481. The fraction of sp³-hybridized carbons (Fsp3) is 0.375. The molecule has 0 spiro atoms. The summed E-state index contributed by atoms with van der Waals surface area (Å²) in [6.07, 6.45) is 2.55. The molecule has 120 valence electrons. The van der Waals surface area contributed by atoms with E-state index < -0.39 is 0 Å². The van der Waals surface area contributed by atoms with Crippen molar-refractivity contribution in [1.82, 2.24) is 20.1 Å². The van der Waals surface area contributed by atoms with Gasteiger partial charge >= 0.3 is 0 Å². The molecule has 0 saturated carbocycles. The third-order valence-electron chi connectivity index (χ3n) is 4.18. The Morgan fingerprint density at radius 1 is 1.17 bits per heavy atom. The van der Waals surface area contributed by atoms with Gasteiger partial charge in [-0.25, -0.2) is 0 Å². The summed E-state index contributed by atoms with van der Waals surface area (Å²) in [7, 11) is 0. The highest BCUT2D eigenvalue weighted by molar-refractivity contribution is 5.60. The largest absolute Gasteiger partial charge is 0.352 e. The summed E-state index contributed by atoms with van der Waals surface area (Å²) in [4.78, 5) is 19.2. The van der Waals surface area contributed by atoms with Crippen molar-refractivity contribution in [2.24, 2.45) is 0 Å². The Morgan fingerprint density at radius 3 is 2.70 bits per heavy atom. The zero-order valence-electron chi connectivity index (χ0n) is 13.4. The molecule has 0 aliphatic carbocycles. The average molecular weight is 312 g/mol. The highest BCUT2D eigenvalue weighted by atomic mass is 16.1. The summed E-state index contributed by atoms with van der Waals surface area (Å²) < 4.78 is 0. The molecule has 1 aromatic carbocycles. The molecular formula is C16H20N6O. The molecule has 2 heterocycles. The number of nitrogens with one attached hydrogen (secondary N) is 1. The van der Waals surface area contributed by atoms with E-state index in [1.54, 1.807) is 11.1 Å². The quantitative estimate of drug-likeness (QED) is 0.863. The molecule has 7 heteroatoms. The van der Waals surface area contributed by atoms with Crippen molar-refractivity contribution in [2.75, 3.05) is 36.4 Å². The van der Waals surface area contributed by atoms with Gasteiger partial charge in [0, 0.05) is 31.9 Å². The molecule has 1 fully saturated rings. The number of carbonyl (C=O) groups is 1. The van der Waals surface area contributed by atoms with Crippen molar-refractivity contribution in [2.45, 2.75) is 13.8 Å². The second-order valence-electron chi connectivity index (χ2n) is 5.64. The third-order valence-corrected chi connectivity index (χ3v) is 4.18. The summed E-state index contributed by atoms with van der Waals surface area (Å²) in [6, 6.07) is 6.07. The van der Waals surface area contributed by atoms with Crippen LogP contribution in [0, 0.1) is 13.8 Å². The van der Waals surface area contributed by atoms with Crippen LogP contribution >= 0.6 is 0 Å². The molecule has 1 N–H and O–H groups in total. The highest BCUT2D eigenvalue weighted by Crippen LogP contribution is 2.21. The number of hydrogen-bond donors (Lipinski definition) is 1. The van der Waals surface area contributed by atoms with E-state index in [2.05, 4.69) is 45.3 Å². The minimum absolute atomic E-state index is 0.481. The molecule has 7 nitrogen and oxygen atoms in total. The highest BCUT2D eigenvalue weighted by Gasteiger charge is 2.17. The number of amides is 1. The fourth-order valence-corrected chi connectivity index (χ4v) is 2.56. The van der Waals surface area contributed by atoms with Crippen LogP contribution in [0.1, 0.15) is 11.1 Å². The van der Waals surface area contributed by atoms with Crippen LogP contribution in [0.5, 0.6) is 0 Å². The van der Waals surface area contributed by atoms with Crippen LogP contribution in [0.15, 0.2) is 24.4 Å². The second kappa shape index (κ2) is 6.60. The van der Waals surface area contributed by atoms with Gasteiger partial charge in [-0.1, -0.05) is 12.1 Å². The predicted octanol–water partition coefficient (Wildman–Crippen LogP) is 1.51. The van der Waals surface area contributed by atoms with Crippen LogP contribution in [0.4, 0.5) is 17.5 Å². The average Bonchev–Trinajstić information content (AvgIpc) is 2.59. The molecule has 0 unspecified atom stereocenters. The van der Waals surface area contributed by atoms with E-state index in [4.69, 9.17) is 0 Å². The van der Waals surface area contributed by atoms with Gasteiger partial charge in [0.05, 0.1) is 6.20 Å². The minimum Gasteiger partial charge on any atom is -0.352 e. The first-order valence-electron chi connectivity index (χ1n) is 7.64. The van der Waals surface area contributed by atoms with Crippen LogP contribution in [-0.2, 0) is 4.79 Å². The maximum atomic E-state index is 10.8. The van der Waals surface area contributed by atoms with Gasteiger partial charge in [-0.05, 0) is 31.0 Å². The Hall–Kier alpha value is -2.70. The number of rotatable bonds is 4. The lowest BCUT2D eigenvalue weighted by Crippen LogP contribution is -2.46. The predicted molar refractivity (Wildman–Crippen MR) is 88.9 cm³/mol. The van der Waals surface area contributed by atoms with Crippen molar-refractivity contribution in [3.8, 4) is 0 Å². The van der Waals surface area contributed by atoms with Gasteiger partial charge in [-0.15, -0.1) is 5.10 Å². The maximum Gasteiger partial charge on any atom is 0.249 e. The molecule has 23 heavy (non-hydrogen) atoms. The molecule has 3 rings (SSSR count). The van der Waals surface area contributed by atoms with E-state index in [1.165, 1.54) is 11.1 Å². The zero-order chi connectivity index (χ0) is 16.2. The number of anilines is 3. The first kappa shape index (κ1) is 15.2. The van der Waals surface area contributed by atoms with E-state index in [1.807, 2.05) is 12.1 Å². The molecule has 1 amide bonds. The van der Waals surface area contributed by atoms with Gasteiger partial charge in [-0.3, -0.25) is 4.79 Å². The molecule has 0 atom stereocenters. The van der Waals surface area contributed by atoms with Crippen molar-refractivity contribution in [1.29, 1.82) is 0 Å². The van der Waals surface area contributed by atoms with Crippen LogP contribution < -0.4 is 10.2 Å². The number of nitrogens with zero attached hydrogens (tertiary/aromatic N) is 5. The molecule has 1 aromatic heterocycles. The SMILES string of the molecule is Cc1cccc(Nc2nncc(N3CCN(C=O)CC3)n2)c1C.